The first-order chi connectivity index (χ1) is 10.8. The number of hydrogen-bond acceptors (Lipinski definition) is 2. The van der Waals surface area contributed by atoms with Gasteiger partial charge in [-0.05, 0) is 64.5 Å². The summed E-state index contributed by atoms with van der Waals surface area (Å²) in [6, 6.07) is 0. The second kappa shape index (κ2) is 7.45. The van der Waals surface area contributed by atoms with Gasteiger partial charge in [0.25, 0.3) is 0 Å². The summed E-state index contributed by atoms with van der Waals surface area (Å²) in [5.41, 5.74) is 1.52. The van der Waals surface area contributed by atoms with Crippen molar-refractivity contribution in [1.29, 1.82) is 0 Å². The highest BCUT2D eigenvalue weighted by molar-refractivity contribution is 5.04. The van der Waals surface area contributed by atoms with Crippen LogP contribution in [0.4, 0.5) is 0 Å². The third-order valence-electron chi connectivity index (χ3n) is 5.35. The number of imidazole rings is 1. The van der Waals surface area contributed by atoms with E-state index < -0.39 is 0 Å². The normalized spacial score (nSPS) is 21.5. The smallest absolute Gasteiger partial charge is 0.111 e. The van der Waals surface area contributed by atoms with Gasteiger partial charge in [-0.3, -0.25) is 0 Å². The van der Waals surface area contributed by atoms with E-state index in [-0.39, 0.29) is 0 Å². The number of nitrogens with zero attached hydrogens (tertiary/aromatic N) is 3. The molecule has 1 aliphatic heterocycles. The molecule has 2 fully saturated rings. The molecule has 0 atom stereocenters. The van der Waals surface area contributed by atoms with Crippen LogP contribution in [0.5, 0.6) is 0 Å². The standard InChI is InChI=1S/C19H31N3/c1-3-16(2)5-4-11-21-12-8-18(9-13-21)19-20-10-14-22(19)15-17-6-7-17/h5,10,14,17-18H,3-4,6-9,11-13,15H2,1-2H3. The van der Waals surface area contributed by atoms with Crippen molar-refractivity contribution in [3.05, 3.63) is 29.9 Å². The predicted octanol–water partition coefficient (Wildman–Crippen LogP) is 4.22. The quantitative estimate of drug-likeness (QED) is 0.703. The topological polar surface area (TPSA) is 21.1 Å². The maximum atomic E-state index is 4.68. The molecule has 1 aromatic rings. The Hall–Kier alpha value is -1.09. The minimum absolute atomic E-state index is 0.679. The summed E-state index contributed by atoms with van der Waals surface area (Å²) in [6.45, 7) is 9.38. The van der Waals surface area contributed by atoms with Gasteiger partial charge in [0.15, 0.2) is 0 Å². The van der Waals surface area contributed by atoms with Gasteiger partial charge in [-0.25, -0.2) is 4.98 Å². The lowest BCUT2D eigenvalue weighted by molar-refractivity contribution is 0.210. The van der Waals surface area contributed by atoms with E-state index in [1.807, 2.05) is 6.20 Å². The highest BCUT2D eigenvalue weighted by Crippen LogP contribution is 2.33. The molecule has 0 radical (unpaired) electrons. The number of piperidine rings is 1. The number of hydrogen-bond donors (Lipinski definition) is 0. The van der Waals surface area contributed by atoms with E-state index in [2.05, 4.69) is 40.6 Å². The number of allylic oxidation sites excluding steroid dienone is 1. The zero-order valence-electron chi connectivity index (χ0n) is 14.3. The first kappa shape index (κ1) is 15.8. The first-order valence-corrected chi connectivity index (χ1v) is 9.15. The first-order valence-electron chi connectivity index (χ1n) is 9.15. The summed E-state index contributed by atoms with van der Waals surface area (Å²) >= 11 is 0. The lowest BCUT2D eigenvalue weighted by Crippen LogP contribution is -2.34. The molecule has 0 unspecified atom stereocenters. The largest absolute Gasteiger partial charge is 0.334 e. The number of likely N-dealkylation sites (tertiary alicyclic amines) is 1. The van der Waals surface area contributed by atoms with Crippen LogP contribution in [0.3, 0.4) is 0 Å². The molecule has 3 heteroatoms. The SMILES string of the molecule is CCC(C)=CCCN1CCC(c2nccn2CC2CC2)CC1. The highest BCUT2D eigenvalue weighted by Gasteiger charge is 2.26. The molecule has 2 aliphatic rings. The van der Waals surface area contributed by atoms with Gasteiger partial charge in [0.2, 0.25) is 0 Å². The van der Waals surface area contributed by atoms with Gasteiger partial charge in [0.05, 0.1) is 0 Å². The Morgan fingerprint density at radius 3 is 2.73 bits per heavy atom. The van der Waals surface area contributed by atoms with Crippen molar-refractivity contribution in [1.82, 2.24) is 14.5 Å². The van der Waals surface area contributed by atoms with Crippen LogP contribution in [0.2, 0.25) is 0 Å². The Kier molecular flexibility index (Phi) is 5.35. The maximum Gasteiger partial charge on any atom is 0.111 e. The molecular formula is C19H31N3. The molecule has 3 nitrogen and oxygen atoms in total. The van der Waals surface area contributed by atoms with Crippen LogP contribution in [-0.4, -0.2) is 34.1 Å². The second-order valence-electron chi connectivity index (χ2n) is 7.19. The summed E-state index contributed by atoms with van der Waals surface area (Å²) in [5.74, 6) is 2.97. The molecule has 2 heterocycles. The Morgan fingerprint density at radius 2 is 2.05 bits per heavy atom. The van der Waals surface area contributed by atoms with Crippen molar-refractivity contribution in [2.75, 3.05) is 19.6 Å². The molecule has 22 heavy (non-hydrogen) atoms. The molecule has 1 saturated heterocycles. The van der Waals surface area contributed by atoms with E-state index in [4.69, 9.17) is 0 Å². The summed E-state index contributed by atoms with van der Waals surface area (Å²) in [4.78, 5) is 7.31. The second-order valence-corrected chi connectivity index (χ2v) is 7.19. The molecular weight excluding hydrogens is 270 g/mol. The van der Waals surface area contributed by atoms with Crippen LogP contribution in [-0.2, 0) is 6.54 Å². The van der Waals surface area contributed by atoms with E-state index in [9.17, 15) is 0 Å². The number of aromatic nitrogens is 2. The molecule has 0 bridgehead atoms. The molecule has 0 spiro atoms. The molecule has 122 valence electrons. The van der Waals surface area contributed by atoms with Gasteiger partial charge in [0, 0.05) is 31.4 Å². The third-order valence-corrected chi connectivity index (χ3v) is 5.35. The van der Waals surface area contributed by atoms with Crippen molar-refractivity contribution in [2.45, 2.75) is 64.8 Å². The van der Waals surface area contributed by atoms with Crippen molar-refractivity contribution < 1.29 is 0 Å². The Labute approximate surface area is 135 Å². The van der Waals surface area contributed by atoms with Crippen LogP contribution in [0, 0.1) is 5.92 Å². The highest BCUT2D eigenvalue weighted by atomic mass is 15.1. The van der Waals surface area contributed by atoms with Crippen molar-refractivity contribution in [2.24, 2.45) is 5.92 Å². The average Bonchev–Trinajstić information content (AvgIpc) is 3.24. The van der Waals surface area contributed by atoms with Gasteiger partial charge in [-0.1, -0.05) is 18.6 Å². The molecule has 1 saturated carbocycles. The molecule has 0 amide bonds. The van der Waals surface area contributed by atoms with Crippen LogP contribution in [0.15, 0.2) is 24.0 Å². The Bertz CT molecular complexity index is 491. The minimum atomic E-state index is 0.679. The third kappa shape index (κ3) is 4.22. The van der Waals surface area contributed by atoms with Crippen LogP contribution < -0.4 is 0 Å². The van der Waals surface area contributed by atoms with E-state index in [1.165, 1.54) is 76.1 Å². The minimum Gasteiger partial charge on any atom is -0.334 e. The zero-order chi connectivity index (χ0) is 15.4. The lowest BCUT2D eigenvalue weighted by atomic mass is 9.95. The fourth-order valence-electron chi connectivity index (χ4n) is 3.47. The maximum absolute atomic E-state index is 4.68. The van der Waals surface area contributed by atoms with Gasteiger partial charge < -0.3 is 9.47 Å². The van der Waals surface area contributed by atoms with E-state index in [0.717, 1.165) is 5.92 Å². The van der Waals surface area contributed by atoms with Crippen molar-refractivity contribution in [3.8, 4) is 0 Å². The number of rotatable bonds is 7. The van der Waals surface area contributed by atoms with Gasteiger partial charge in [-0.2, -0.15) is 0 Å². The van der Waals surface area contributed by atoms with Gasteiger partial charge in [0.1, 0.15) is 5.82 Å². The summed E-state index contributed by atoms with van der Waals surface area (Å²) in [5, 5.41) is 0. The van der Waals surface area contributed by atoms with E-state index in [0.29, 0.717) is 5.92 Å². The van der Waals surface area contributed by atoms with E-state index >= 15 is 0 Å². The molecule has 3 rings (SSSR count). The molecule has 1 aromatic heterocycles. The molecule has 0 aromatic carbocycles. The van der Waals surface area contributed by atoms with Crippen LogP contribution in [0.1, 0.15) is 64.1 Å². The summed E-state index contributed by atoms with van der Waals surface area (Å²) in [6.07, 6.45) is 14.4. The van der Waals surface area contributed by atoms with Crippen LogP contribution >= 0.6 is 0 Å². The molecule has 1 aliphatic carbocycles. The van der Waals surface area contributed by atoms with Crippen LogP contribution in [0.25, 0.3) is 0 Å². The fraction of sp³-hybridized carbons (Fsp3) is 0.737. The zero-order valence-corrected chi connectivity index (χ0v) is 14.3. The Balaban J connectivity index is 1.46. The van der Waals surface area contributed by atoms with Crippen molar-refractivity contribution in [3.63, 3.8) is 0 Å². The van der Waals surface area contributed by atoms with E-state index in [1.54, 1.807) is 0 Å². The van der Waals surface area contributed by atoms with Gasteiger partial charge in [-0.15, -0.1) is 0 Å². The molecule has 0 N–H and O–H groups in total. The monoisotopic (exact) mass is 301 g/mol. The summed E-state index contributed by atoms with van der Waals surface area (Å²) < 4.78 is 2.44. The average molecular weight is 301 g/mol. The summed E-state index contributed by atoms with van der Waals surface area (Å²) in [7, 11) is 0. The predicted molar refractivity (Wildman–Crippen MR) is 92.0 cm³/mol. The fourth-order valence-corrected chi connectivity index (χ4v) is 3.47. The van der Waals surface area contributed by atoms with Gasteiger partial charge >= 0.3 is 0 Å². The van der Waals surface area contributed by atoms with Crippen molar-refractivity contribution >= 4 is 0 Å². The lowest BCUT2D eigenvalue weighted by Gasteiger charge is -2.31. The Morgan fingerprint density at radius 1 is 1.27 bits per heavy atom.